The molecule has 6 nitrogen and oxygen atoms in total. The van der Waals surface area contributed by atoms with Gasteiger partial charge >= 0.3 is 0 Å². The van der Waals surface area contributed by atoms with E-state index < -0.39 is 0 Å². The van der Waals surface area contributed by atoms with Crippen LogP contribution in [0.3, 0.4) is 0 Å². The number of ether oxygens (including phenoxy) is 1. The van der Waals surface area contributed by atoms with Crippen LogP contribution in [0.25, 0.3) is 0 Å². The Labute approximate surface area is 166 Å². The molecule has 1 aromatic carbocycles. The van der Waals surface area contributed by atoms with Crippen molar-refractivity contribution in [3.63, 3.8) is 0 Å². The summed E-state index contributed by atoms with van der Waals surface area (Å²) in [6.07, 6.45) is 8.53. The van der Waals surface area contributed by atoms with Crippen LogP contribution in [-0.2, 0) is 17.8 Å². The number of nitrogens with zero attached hydrogens (tertiary/aromatic N) is 3. The van der Waals surface area contributed by atoms with Crippen LogP contribution in [0.5, 0.6) is 5.75 Å². The molecule has 1 amide bonds. The van der Waals surface area contributed by atoms with Crippen molar-refractivity contribution in [3.8, 4) is 5.75 Å². The molecule has 1 N–H and O–H groups in total. The molecule has 0 aliphatic carbocycles. The number of rotatable bonds is 6. The first kappa shape index (κ1) is 21.1. The number of nitrogens with one attached hydrogen (secondary N) is 1. The first-order valence-corrected chi connectivity index (χ1v) is 9.13. The summed E-state index contributed by atoms with van der Waals surface area (Å²) in [5.74, 6) is 0.908. The summed E-state index contributed by atoms with van der Waals surface area (Å²) in [5, 5.41) is 3.42. The predicted molar refractivity (Wildman–Crippen MR) is 107 cm³/mol. The van der Waals surface area contributed by atoms with E-state index in [0.29, 0.717) is 13.0 Å². The van der Waals surface area contributed by atoms with E-state index in [-0.39, 0.29) is 24.4 Å². The van der Waals surface area contributed by atoms with Crippen molar-refractivity contribution in [2.75, 3.05) is 20.2 Å². The molecular formula is C20H27ClN4O2. The number of hydrogen-bond donors (Lipinski definition) is 1. The molecule has 1 saturated heterocycles. The van der Waals surface area contributed by atoms with Crippen LogP contribution in [-0.4, -0.2) is 47.0 Å². The quantitative estimate of drug-likeness (QED) is 0.821. The van der Waals surface area contributed by atoms with Gasteiger partial charge in [0.15, 0.2) is 0 Å². The highest BCUT2D eigenvalue weighted by atomic mass is 35.5. The molecule has 27 heavy (non-hydrogen) atoms. The van der Waals surface area contributed by atoms with E-state index in [9.17, 15) is 4.79 Å². The third-order valence-corrected chi connectivity index (χ3v) is 4.76. The lowest BCUT2D eigenvalue weighted by Gasteiger charge is -2.31. The highest BCUT2D eigenvalue weighted by Gasteiger charge is 2.25. The van der Waals surface area contributed by atoms with Crippen LogP contribution in [0.4, 0.5) is 0 Å². The molecular weight excluding hydrogens is 364 g/mol. The molecule has 2 aromatic rings. The van der Waals surface area contributed by atoms with Crippen molar-refractivity contribution in [2.45, 2.75) is 38.3 Å². The van der Waals surface area contributed by atoms with E-state index in [2.05, 4.69) is 15.3 Å². The van der Waals surface area contributed by atoms with E-state index in [4.69, 9.17) is 4.74 Å². The molecule has 1 aliphatic rings. The summed E-state index contributed by atoms with van der Waals surface area (Å²) < 4.78 is 5.28. The van der Waals surface area contributed by atoms with Crippen LogP contribution >= 0.6 is 12.4 Å². The van der Waals surface area contributed by atoms with Gasteiger partial charge in [0.1, 0.15) is 12.1 Å². The van der Waals surface area contributed by atoms with Crippen LogP contribution in [0, 0.1) is 0 Å². The molecule has 146 valence electrons. The van der Waals surface area contributed by atoms with Gasteiger partial charge in [-0.1, -0.05) is 12.1 Å². The molecule has 0 spiro atoms. The van der Waals surface area contributed by atoms with Crippen LogP contribution in [0.2, 0.25) is 0 Å². The second-order valence-corrected chi connectivity index (χ2v) is 6.63. The molecule has 0 radical (unpaired) electrons. The van der Waals surface area contributed by atoms with Gasteiger partial charge < -0.3 is 15.0 Å². The van der Waals surface area contributed by atoms with Crippen LogP contribution in [0.1, 0.15) is 30.4 Å². The van der Waals surface area contributed by atoms with Crippen LogP contribution in [0.15, 0.2) is 43.0 Å². The maximum Gasteiger partial charge on any atom is 0.227 e. The fourth-order valence-electron chi connectivity index (χ4n) is 3.40. The topological polar surface area (TPSA) is 67.3 Å². The second kappa shape index (κ2) is 10.8. The summed E-state index contributed by atoms with van der Waals surface area (Å²) in [6.45, 7) is 2.51. The van der Waals surface area contributed by atoms with E-state index in [1.54, 1.807) is 19.5 Å². The summed E-state index contributed by atoms with van der Waals surface area (Å²) in [6, 6.07) is 7.95. The first-order valence-electron chi connectivity index (χ1n) is 9.13. The molecule has 1 unspecified atom stereocenters. The summed E-state index contributed by atoms with van der Waals surface area (Å²) >= 11 is 0. The molecule has 3 rings (SSSR count). The van der Waals surface area contributed by atoms with E-state index in [0.717, 1.165) is 49.2 Å². The summed E-state index contributed by atoms with van der Waals surface area (Å²) in [7, 11) is 1.64. The Morgan fingerprint density at radius 3 is 2.81 bits per heavy atom. The molecule has 0 bridgehead atoms. The summed E-state index contributed by atoms with van der Waals surface area (Å²) in [5.41, 5.74) is 1.93. The van der Waals surface area contributed by atoms with Gasteiger partial charge in [-0.3, -0.25) is 4.79 Å². The fourth-order valence-corrected chi connectivity index (χ4v) is 3.40. The highest BCUT2D eigenvalue weighted by molar-refractivity contribution is 5.85. The Bertz CT molecular complexity index is 706. The molecule has 2 heterocycles. The van der Waals surface area contributed by atoms with Gasteiger partial charge in [0.25, 0.3) is 0 Å². The minimum absolute atomic E-state index is 0. The second-order valence-electron chi connectivity index (χ2n) is 6.63. The molecule has 1 fully saturated rings. The Hall–Kier alpha value is -2.18. The van der Waals surface area contributed by atoms with E-state index in [1.165, 1.54) is 6.33 Å². The van der Waals surface area contributed by atoms with Gasteiger partial charge in [-0.15, -0.1) is 12.4 Å². The minimum Gasteiger partial charge on any atom is -0.497 e. The number of carbonyl (C=O) groups is 1. The average Bonchev–Trinajstić information content (AvgIpc) is 2.96. The van der Waals surface area contributed by atoms with E-state index >= 15 is 0 Å². The molecule has 0 saturated carbocycles. The maximum atomic E-state index is 13.2. The van der Waals surface area contributed by atoms with Crippen molar-refractivity contribution in [1.82, 2.24) is 20.2 Å². The zero-order chi connectivity index (χ0) is 18.2. The van der Waals surface area contributed by atoms with E-state index in [1.807, 2.05) is 29.2 Å². The van der Waals surface area contributed by atoms with Crippen LogP contribution < -0.4 is 10.1 Å². The Morgan fingerprint density at radius 1 is 1.22 bits per heavy atom. The number of halogens is 1. The van der Waals surface area contributed by atoms with Gasteiger partial charge in [0.05, 0.1) is 13.5 Å². The molecule has 1 aromatic heterocycles. The Kier molecular flexibility index (Phi) is 8.48. The van der Waals surface area contributed by atoms with Crippen molar-refractivity contribution >= 4 is 18.3 Å². The monoisotopic (exact) mass is 390 g/mol. The highest BCUT2D eigenvalue weighted by Crippen LogP contribution is 2.19. The van der Waals surface area contributed by atoms with Crippen molar-refractivity contribution in [3.05, 3.63) is 54.1 Å². The number of carbonyl (C=O) groups excluding carboxylic acids is 1. The lowest BCUT2D eigenvalue weighted by molar-refractivity contribution is -0.133. The average molecular weight is 391 g/mol. The molecule has 7 heteroatoms. The van der Waals surface area contributed by atoms with Crippen molar-refractivity contribution < 1.29 is 9.53 Å². The molecule has 1 aliphatic heterocycles. The minimum atomic E-state index is 0. The number of hydrogen-bond acceptors (Lipinski definition) is 5. The third-order valence-electron chi connectivity index (χ3n) is 4.76. The summed E-state index contributed by atoms with van der Waals surface area (Å²) in [4.78, 5) is 23.3. The van der Waals surface area contributed by atoms with Crippen molar-refractivity contribution in [2.24, 2.45) is 0 Å². The Morgan fingerprint density at radius 2 is 2.04 bits per heavy atom. The number of methoxy groups -OCH3 is 1. The van der Waals surface area contributed by atoms with Gasteiger partial charge in [-0.05, 0) is 50.0 Å². The lowest BCUT2D eigenvalue weighted by Crippen LogP contribution is -2.41. The Balaban J connectivity index is 0.00000261. The first-order chi connectivity index (χ1) is 12.8. The normalized spacial score (nSPS) is 16.7. The molecule has 1 atom stereocenters. The van der Waals surface area contributed by atoms with Crippen molar-refractivity contribution in [1.29, 1.82) is 0 Å². The smallest absolute Gasteiger partial charge is 0.227 e. The number of aromatic nitrogens is 2. The third kappa shape index (κ3) is 6.19. The fraction of sp³-hybridized carbons (Fsp3) is 0.450. The van der Waals surface area contributed by atoms with Gasteiger partial charge in [-0.2, -0.15) is 0 Å². The largest absolute Gasteiger partial charge is 0.497 e. The van der Waals surface area contributed by atoms with Gasteiger partial charge in [0.2, 0.25) is 5.91 Å². The van der Waals surface area contributed by atoms with Gasteiger partial charge in [0, 0.05) is 30.5 Å². The SMILES string of the molecule is COc1cccc(CC(=O)N(Cc2cncnc2)C2CCCNCC2)c1.Cl. The number of amides is 1. The predicted octanol–water partition coefficient (Wildman–Crippen LogP) is 2.62. The lowest BCUT2D eigenvalue weighted by atomic mass is 10.0. The maximum absolute atomic E-state index is 13.2. The zero-order valence-electron chi connectivity index (χ0n) is 15.6. The standard InChI is InChI=1S/C20H26N4O2.ClH/c1-26-19-6-2-4-16(10-19)11-20(25)24(14-17-12-22-15-23-13-17)18-5-3-8-21-9-7-18;/h2,4,6,10,12-13,15,18,21H,3,5,7-9,11,14H2,1H3;1H. The van der Waals surface area contributed by atoms with Gasteiger partial charge in [-0.25, -0.2) is 9.97 Å². The number of benzene rings is 1. The zero-order valence-corrected chi connectivity index (χ0v) is 16.5.